The molecular formula is C14H28N2O. The molecule has 0 bridgehead atoms. The van der Waals surface area contributed by atoms with E-state index in [2.05, 4.69) is 17.6 Å². The lowest BCUT2D eigenvalue weighted by molar-refractivity contribution is -0.121. The molecule has 0 aromatic carbocycles. The van der Waals surface area contributed by atoms with E-state index in [1.165, 1.54) is 25.7 Å². The Labute approximate surface area is 106 Å². The van der Waals surface area contributed by atoms with Crippen molar-refractivity contribution in [3.63, 3.8) is 0 Å². The van der Waals surface area contributed by atoms with Gasteiger partial charge in [0, 0.05) is 5.54 Å². The third-order valence-electron chi connectivity index (χ3n) is 3.50. The van der Waals surface area contributed by atoms with E-state index in [0.717, 1.165) is 18.4 Å². The Hall–Kier alpha value is -0.570. The first-order valence-electron chi connectivity index (χ1n) is 6.90. The zero-order valence-corrected chi connectivity index (χ0v) is 11.8. The molecule has 1 rings (SSSR count). The molecule has 1 aliphatic carbocycles. The number of hydrogen-bond donors (Lipinski definition) is 2. The maximum absolute atomic E-state index is 11.6. The van der Waals surface area contributed by atoms with Gasteiger partial charge in [-0.25, -0.2) is 0 Å². The Morgan fingerprint density at radius 2 is 1.88 bits per heavy atom. The molecule has 17 heavy (non-hydrogen) atoms. The lowest BCUT2D eigenvalue weighted by Gasteiger charge is -2.29. The normalized spacial score (nSPS) is 25.6. The van der Waals surface area contributed by atoms with Gasteiger partial charge in [0.1, 0.15) is 0 Å². The zero-order chi connectivity index (χ0) is 12.9. The van der Waals surface area contributed by atoms with Gasteiger partial charge in [-0.2, -0.15) is 0 Å². The summed E-state index contributed by atoms with van der Waals surface area (Å²) in [5.74, 6) is 1.66. The summed E-state index contributed by atoms with van der Waals surface area (Å²) >= 11 is 0. The summed E-state index contributed by atoms with van der Waals surface area (Å²) in [6.07, 6.45) is 5.39. The second-order valence-electron chi connectivity index (χ2n) is 6.45. The molecule has 0 heterocycles. The van der Waals surface area contributed by atoms with E-state index in [4.69, 9.17) is 0 Å². The minimum absolute atomic E-state index is 0.0981. The predicted molar refractivity (Wildman–Crippen MR) is 71.9 cm³/mol. The molecule has 0 saturated heterocycles. The molecule has 2 unspecified atom stereocenters. The summed E-state index contributed by atoms with van der Waals surface area (Å²) in [5.41, 5.74) is -0.128. The van der Waals surface area contributed by atoms with E-state index in [1.54, 1.807) is 0 Å². The van der Waals surface area contributed by atoms with Crippen molar-refractivity contribution >= 4 is 5.91 Å². The molecule has 1 fully saturated rings. The summed E-state index contributed by atoms with van der Waals surface area (Å²) in [7, 11) is 0. The van der Waals surface area contributed by atoms with Crippen molar-refractivity contribution in [2.75, 3.05) is 13.1 Å². The number of hydrogen-bond acceptors (Lipinski definition) is 2. The third kappa shape index (κ3) is 6.06. The van der Waals surface area contributed by atoms with E-state index in [1.807, 2.05) is 20.8 Å². The Morgan fingerprint density at radius 3 is 2.47 bits per heavy atom. The maximum atomic E-state index is 11.6. The number of amides is 1. The van der Waals surface area contributed by atoms with Crippen molar-refractivity contribution in [1.29, 1.82) is 0 Å². The van der Waals surface area contributed by atoms with Gasteiger partial charge in [-0.3, -0.25) is 4.79 Å². The molecule has 1 amide bonds. The SMILES string of the molecule is CC1CCCCC1CNCC(=O)NC(C)(C)C. The largest absolute Gasteiger partial charge is 0.350 e. The van der Waals surface area contributed by atoms with Crippen molar-refractivity contribution in [3.8, 4) is 0 Å². The molecule has 2 atom stereocenters. The van der Waals surface area contributed by atoms with Gasteiger partial charge in [0.05, 0.1) is 6.54 Å². The van der Waals surface area contributed by atoms with E-state index in [-0.39, 0.29) is 11.4 Å². The van der Waals surface area contributed by atoms with Crippen LogP contribution in [-0.4, -0.2) is 24.5 Å². The summed E-state index contributed by atoms with van der Waals surface area (Å²) < 4.78 is 0. The molecule has 1 aliphatic rings. The first-order valence-corrected chi connectivity index (χ1v) is 6.90. The summed E-state index contributed by atoms with van der Waals surface area (Å²) in [6, 6.07) is 0. The lowest BCUT2D eigenvalue weighted by Crippen LogP contribution is -2.45. The maximum Gasteiger partial charge on any atom is 0.234 e. The average molecular weight is 240 g/mol. The quantitative estimate of drug-likeness (QED) is 0.792. The van der Waals surface area contributed by atoms with Gasteiger partial charge >= 0.3 is 0 Å². The first-order chi connectivity index (χ1) is 7.88. The van der Waals surface area contributed by atoms with Gasteiger partial charge < -0.3 is 10.6 Å². The third-order valence-corrected chi connectivity index (χ3v) is 3.50. The van der Waals surface area contributed by atoms with Crippen molar-refractivity contribution < 1.29 is 4.79 Å². The zero-order valence-electron chi connectivity index (χ0n) is 11.8. The Kier molecular flexibility index (Phi) is 5.44. The fraction of sp³-hybridized carbons (Fsp3) is 0.929. The van der Waals surface area contributed by atoms with Crippen LogP contribution in [0.5, 0.6) is 0 Å². The Bertz CT molecular complexity index is 245. The van der Waals surface area contributed by atoms with Gasteiger partial charge in [0.2, 0.25) is 5.91 Å². The second-order valence-corrected chi connectivity index (χ2v) is 6.45. The molecule has 0 spiro atoms. The van der Waals surface area contributed by atoms with E-state index < -0.39 is 0 Å². The van der Waals surface area contributed by atoms with Crippen LogP contribution in [-0.2, 0) is 4.79 Å². The highest BCUT2D eigenvalue weighted by molar-refractivity contribution is 5.78. The lowest BCUT2D eigenvalue weighted by atomic mass is 9.80. The van der Waals surface area contributed by atoms with Gasteiger partial charge in [0.25, 0.3) is 0 Å². The van der Waals surface area contributed by atoms with Crippen LogP contribution >= 0.6 is 0 Å². The van der Waals surface area contributed by atoms with Crippen LogP contribution in [0.25, 0.3) is 0 Å². The molecule has 100 valence electrons. The number of nitrogens with one attached hydrogen (secondary N) is 2. The van der Waals surface area contributed by atoms with Crippen LogP contribution in [0.1, 0.15) is 53.4 Å². The van der Waals surface area contributed by atoms with Crippen molar-refractivity contribution in [2.24, 2.45) is 11.8 Å². The summed E-state index contributed by atoms with van der Waals surface area (Å²) in [5, 5.41) is 6.26. The molecule has 0 aromatic rings. The molecule has 3 nitrogen and oxygen atoms in total. The fourth-order valence-electron chi connectivity index (χ4n) is 2.53. The average Bonchev–Trinajstić information content (AvgIpc) is 2.18. The van der Waals surface area contributed by atoms with Crippen LogP contribution in [0.4, 0.5) is 0 Å². The fourth-order valence-corrected chi connectivity index (χ4v) is 2.53. The van der Waals surface area contributed by atoms with E-state index in [9.17, 15) is 4.79 Å². The summed E-state index contributed by atoms with van der Waals surface area (Å²) in [6.45, 7) is 9.79. The second kappa shape index (κ2) is 6.39. The van der Waals surface area contributed by atoms with Gasteiger partial charge in [0.15, 0.2) is 0 Å². The van der Waals surface area contributed by atoms with Crippen LogP contribution in [0.15, 0.2) is 0 Å². The smallest absolute Gasteiger partial charge is 0.234 e. The number of carbonyl (C=O) groups is 1. The van der Waals surface area contributed by atoms with Gasteiger partial charge in [-0.15, -0.1) is 0 Å². The minimum atomic E-state index is -0.128. The van der Waals surface area contributed by atoms with Crippen LogP contribution in [0.2, 0.25) is 0 Å². The predicted octanol–water partition coefficient (Wildman–Crippen LogP) is 2.32. The molecule has 0 aliphatic heterocycles. The van der Waals surface area contributed by atoms with Crippen LogP contribution in [0.3, 0.4) is 0 Å². The highest BCUT2D eigenvalue weighted by atomic mass is 16.2. The highest BCUT2D eigenvalue weighted by Gasteiger charge is 2.21. The van der Waals surface area contributed by atoms with Gasteiger partial charge in [-0.05, 0) is 45.6 Å². The Balaban J connectivity index is 2.16. The highest BCUT2D eigenvalue weighted by Crippen LogP contribution is 2.28. The topological polar surface area (TPSA) is 41.1 Å². The van der Waals surface area contributed by atoms with E-state index in [0.29, 0.717) is 6.54 Å². The molecule has 2 N–H and O–H groups in total. The van der Waals surface area contributed by atoms with E-state index >= 15 is 0 Å². The number of rotatable bonds is 4. The first kappa shape index (κ1) is 14.5. The Morgan fingerprint density at radius 1 is 1.24 bits per heavy atom. The summed E-state index contributed by atoms with van der Waals surface area (Å²) in [4.78, 5) is 11.6. The molecule has 0 radical (unpaired) electrons. The molecule has 1 saturated carbocycles. The molecular weight excluding hydrogens is 212 g/mol. The number of carbonyl (C=O) groups excluding carboxylic acids is 1. The monoisotopic (exact) mass is 240 g/mol. The van der Waals surface area contributed by atoms with Crippen molar-refractivity contribution in [1.82, 2.24) is 10.6 Å². The van der Waals surface area contributed by atoms with Crippen molar-refractivity contribution in [2.45, 2.75) is 58.9 Å². The standard InChI is InChI=1S/C14H28N2O/c1-11-7-5-6-8-12(11)9-15-10-13(17)16-14(2,3)4/h11-12,15H,5-10H2,1-4H3,(H,16,17). The minimum Gasteiger partial charge on any atom is -0.350 e. The van der Waals surface area contributed by atoms with Crippen LogP contribution < -0.4 is 10.6 Å². The van der Waals surface area contributed by atoms with Crippen molar-refractivity contribution in [3.05, 3.63) is 0 Å². The van der Waals surface area contributed by atoms with Gasteiger partial charge in [-0.1, -0.05) is 26.2 Å². The van der Waals surface area contributed by atoms with Crippen LogP contribution in [0, 0.1) is 11.8 Å². The molecule has 3 heteroatoms. The molecule has 0 aromatic heterocycles.